The second-order valence-electron chi connectivity index (χ2n) is 4.08. The van der Waals surface area contributed by atoms with Crippen LogP contribution in [0.4, 0.5) is 5.95 Å². The van der Waals surface area contributed by atoms with Gasteiger partial charge in [0.05, 0.1) is 5.75 Å². The zero-order valence-corrected chi connectivity index (χ0v) is 12.6. The van der Waals surface area contributed by atoms with E-state index in [1.807, 2.05) is 13.0 Å². The minimum absolute atomic E-state index is 0.165. The molecular formula is C11H19N3O2S2. The van der Waals surface area contributed by atoms with Crippen LogP contribution in [0, 0.1) is 6.92 Å². The van der Waals surface area contributed by atoms with Crippen molar-refractivity contribution in [3.8, 4) is 0 Å². The lowest BCUT2D eigenvalue weighted by Crippen LogP contribution is -2.07. The van der Waals surface area contributed by atoms with E-state index in [9.17, 15) is 8.42 Å². The van der Waals surface area contributed by atoms with Gasteiger partial charge in [0, 0.05) is 24.2 Å². The molecule has 0 saturated heterocycles. The highest BCUT2D eigenvalue weighted by atomic mass is 32.2. The number of thioether (sulfide) groups is 1. The Hall–Kier alpha value is -0.820. The number of aryl methyl sites for hydroxylation is 1. The molecule has 1 aromatic rings. The van der Waals surface area contributed by atoms with Crippen LogP contribution in [0.3, 0.4) is 0 Å². The molecule has 1 rings (SSSR count). The van der Waals surface area contributed by atoms with E-state index in [0.29, 0.717) is 11.7 Å². The molecule has 1 N–H and O–H groups in total. The van der Waals surface area contributed by atoms with Crippen LogP contribution in [0.5, 0.6) is 0 Å². The summed E-state index contributed by atoms with van der Waals surface area (Å²) < 4.78 is 22.1. The number of sulfone groups is 1. The molecule has 7 heteroatoms. The lowest BCUT2D eigenvalue weighted by molar-refractivity contribution is 0.603. The molecule has 1 heterocycles. The van der Waals surface area contributed by atoms with E-state index in [-0.39, 0.29) is 5.75 Å². The van der Waals surface area contributed by atoms with Gasteiger partial charge in [-0.2, -0.15) is 0 Å². The zero-order valence-electron chi connectivity index (χ0n) is 10.9. The van der Waals surface area contributed by atoms with Gasteiger partial charge in [0.25, 0.3) is 0 Å². The molecule has 0 aliphatic heterocycles. The number of hydrogen-bond acceptors (Lipinski definition) is 6. The predicted molar refractivity (Wildman–Crippen MR) is 76.0 cm³/mol. The van der Waals surface area contributed by atoms with Gasteiger partial charge in [0.15, 0.2) is 0 Å². The minimum atomic E-state index is -2.91. The van der Waals surface area contributed by atoms with Crippen LogP contribution in [-0.2, 0) is 9.84 Å². The van der Waals surface area contributed by atoms with Crippen molar-refractivity contribution in [2.24, 2.45) is 0 Å². The molecule has 0 bridgehead atoms. The van der Waals surface area contributed by atoms with Crippen LogP contribution >= 0.6 is 11.8 Å². The lowest BCUT2D eigenvalue weighted by Gasteiger charge is -2.06. The Labute approximate surface area is 113 Å². The molecule has 0 atom stereocenters. The number of rotatable bonds is 7. The molecule has 0 spiro atoms. The van der Waals surface area contributed by atoms with Gasteiger partial charge in [0.2, 0.25) is 5.95 Å². The van der Waals surface area contributed by atoms with Crippen molar-refractivity contribution in [3.63, 3.8) is 0 Å². The summed E-state index contributed by atoms with van der Waals surface area (Å²) >= 11 is 1.44. The standard InChI is InChI=1S/C11H19N3O2S2/c1-4-5-12-11-13-9(2)8-10(14-11)17-6-7-18(3,15)16/h8H,4-7H2,1-3H3,(H,12,13,14). The summed E-state index contributed by atoms with van der Waals surface area (Å²) in [5, 5.41) is 3.94. The molecule has 0 saturated carbocycles. The lowest BCUT2D eigenvalue weighted by atomic mass is 10.4. The number of aromatic nitrogens is 2. The topological polar surface area (TPSA) is 72.0 Å². The molecule has 0 aromatic carbocycles. The summed E-state index contributed by atoms with van der Waals surface area (Å²) in [7, 11) is -2.91. The van der Waals surface area contributed by atoms with Crippen LogP contribution in [-0.4, -0.2) is 42.7 Å². The molecule has 5 nitrogen and oxygen atoms in total. The van der Waals surface area contributed by atoms with Crippen LogP contribution in [0.1, 0.15) is 19.0 Å². The first kappa shape index (κ1) is 15.2. The molecular weight excluding hydrogens is 270 g/mol. The first-order valence-electron chi connectivity index (χ1n) is 5.81. The maximum Gasteiger partial charge on any atom is 0.223 e. The molecule has 0 unspecified atom stereocenters. The third-order valence-electron chi connectivity index (χ3n) is 2.07. The Morgan fingerprint density at radius 1 is 1.39 bits per heavy atom. The maximum atomic E-state index is 11.0. The second-order valence-corrected chi connectivity index (χ2v) is 7.45. The Balaban J connectivity index is 2.62. The highest BCUT2D eigenvalue weighted by molar-refractivity contribution is 8.00. The molecule has 0 radical (unpaired) electrons. The summed E-state index contributed by atoms with van der Waals surface area (Å²) in [6.45, 7) is 4.81. The monoisotopic (exact) mass is 289 g/mol. The maximum absolute atomic E-state index is 11.0. The van der Waals surface area contributed by atoms with Crippen LogP contribution in [0.15, 0.2) is 11.1 Å². The van der Waals surface area contributed by atoms with E-state index in [1.54, 1.807) is 0 Å². The molecule has 102 valence electrons. The predicted octanol–water partition coefficient (Wildman–Crippen LogP) is 1.74. The Morgan fingerprint density at radius 3 is 2.72 bits per heavy atom. The third kappa shape index (κ3) is 6.20. The molecule has 0 aliphatic rings. The van der Waals surface area contributed by atoms with Gasteiger partial charge in [-0.25, -0.2) is 18.4 Å². The summed E-state index contributed by atoms with van der Waals surface area (Å²) in [6.07, 6.45) is 2.25. The van der Waals surface area contributed by atoms with Crippen molar-refractivity contribution in [1.82, 2.24) is 9.97 Å². The first-order chi connectivity index (χ1) is 8.40. The largest absolute Gasteiger partial charge is 0.354 e. The molecule has 1 aromatic heterocycles. The quantitative estimate of drug-likeness (QED) is 0.609. The van der Waals surface area contributed by atoms with Gasteiger partial charge in [-0.1, -0.05) is 6.92 Å². The highest BCUT2D eigenvalue weighted by Gasteiger charge is 2.05. The number of anilines is 1. The first-order valence-corrected chi connectivity index (χ1v) is 8.85. The van der Waals surface area contributed by atoms with Crippen LogP contribution in [0.2, 0.25) is 0 Å². The minimum Gasteiger partial charge on any atom is -0.354 e. The SMILES string of the molecule is CCCNc1nc(C)cc(SCCS(C)(=O)=O)n1. The summed E-state index contributed by atoms with van der Waals surface area (Å²) in [6, 6.07) is 1.87. The van der Waals surface area contributed by atoms with Crippen LogP contribution in [0.25, 0.3) is 0 Å². The smallest absolute Gasteiger partial charge is 0.223 e. The van der Waals surface area contributed by atoms with E-state index in [4.69, 9.17) is 0 Å². The van der Waals surface area contributed by atoms with Crippen molar-refractivity contribution in [3.05, 3.63) is 11.8 Å². The number of hydrogen-bond donors (Lipinski definition) is 1. The fourth-order valence-corrected chi connectivity index (χ4v) is 3.39. The Bertz CT molecular complexity index is 489. The average Bonchev–Trinajstić information content (AvgIpc) is 2.24. The highest BCUT2D eigenvalue weighted by Crippen LogP contribution is 2.18. The van der Waals surface area contributed by atoms with E-state index in [1.165, 1.54) is 18.0 Å². The number of nitrogens with one attached hydrogen (secondary N) is 1. The summed E-state index contributed by atoms with van der Waals surface area (Å²) in [5.74, 6) is 1.29. The molecule has 0 fully saturated rings. The van der Waals surface area contributed by atoms with Gasteiger partial charge >= 0.3 is 0 Å². The summed E-state index contributed by atoms with van der Waals surface area (Å²) in [4.78, 5) is 8.61. The van der Waals surface area contributed by atoms with Crippen molar-refractivity contribution in [2.45, 2.75) is 25.3 Å². The van der Waals surface area contributed by atoms with Gasteiger partial charge in [-0.3, -0.25) is 0 Å². The van der Waals surface area contributed by atoms with Crippen molar-refractivity contribution in [1.29, 1.82) is 0 Å². The van der Waals surface area contributed by atoms with Gasteiger partial charge in [-0.15, -0.1) is 11.8 Å². The van der Waals surface area contributed by atoms with Gasteiger partial charge in [0.1, 0.15) is 14.9 Å². The average molecular weight is 289 g/mol. The third-order valence-corrected chi connectivity index (χ3v) is 4.19. The normalized spacial score (nSPS) is 11.5. The number of nitrogens with zero attached hydrogens (tertiary/aromatic N) is 2. The fraction of sp³-hybridized carbons (Fsp3) is 0.636. The van der Waals surface area contributed by atoms with E-state index < -0.39 is 9.84 Å². The van der Waals surface area contributed by atoms with Crippen molar-refractivity contribution in [2.75, 3.05) is 29.6 Å². The van der Waals surface area contributed by atoms with Crippen molar-refractivity contribution >= 4 is 27.5 Å². The second kappa shape index (κ2) is 6.94. The van der Waals surface area contributed by atoms with Gasteiger partial charge in [-0.05, 0) is 19.4 Å². The van der Waals surface area contributed by atoms with E-state index in [0.717, 1.165) is 23.7 Å². The Kier molecular flexibility index (Phi) is 5.87. The molecule has 0 aliphatic carbocycles. The van der Waals surface area contributed by atoms with Gasteiger partial charge < -0.3 is 5.32 Å². The Morgan fingerprint density at radius 2 is 2.11 bits per heavy atom. The van der Waals surface area contributed by atoms with E-state index >= 15 is 0 Å². The van der Waals surface area contributed by atoms with Crippen LogP contribution < -0.4 is 5.32 Å². The summed E-state index contributed by atoms with van der Waals surface area (Å²) in [5.41, 5.74) is 0.880. The zero-order chi connectivity index (χ0) is 13.6. The molecule has 0 amide bonds. The van der Waals surface area contributed by atoms with E-state index in [2.05, 4.69) is 22.2 Å². The van der Waals surface area contributed by atoms with Crippen molar-refractivity contribution < 1.29 is 8.42 Å². The molecule has 18 heavy (non-hydrogen) atoms. The fourth-order valence-electron chi connectivity index (χ4n) is 1.23.